The zero-order chi connectivity index (χ0) is 26.9. The van der Waals surface area contributed by atoms with E-state index in [1.54, 1.807) is 11.3 Å². The number of thiazole rings is 1. The van der Waals surface area contributed by atoms with Gasteiger partial charge in [-0.15, -0.1) is 11.3 Å². The van der Waals surface area contributed by atoms with Gasteiger partial charge in [0.1, 0.15) is 12.4 Å². The van der Waals surface area contributed by atoms with Gasteiger partial charge in [0.05, 0.1) is 11.8 Å². The Bertz CT molecular complexity index is 1330. The van der Waals surface area contributed by atoms with Crippen LogP contribution in [0.2, 0.25) is 0 Å². The summed E-state index contributed by atoms with van der Waals surface area (Å²) in [5.41, 5.74) is 6.08. The summed E-state index contributed by atoms with van der Waals surface area (Å²) in [5, 5.41) is 3.31. The van der Waals surface area contributed by atoms with E-state index in [-0.39, 0.29) is 12.0 Å². The van der Waals surface area contributed by atoms with E-state index in [0.29, 0.717) is 19.8 Å². The fourth-order valence-corrected chi connectivity index (χ4v) is 7.33. The third-order valence-corrected chi connectivity index (χ3v) is 9.49. The molecule has 7 heteroatoms. The molecule has 3 aromatic rings. The average molecular weight is 546 g/mol. The van der Waals surface area contributed by atoms with Gasteiger partial charge < -0.3 is 19.3 Å². The number of rotatable bonds is 8. The van der Waals surface area contributed by atoms with E-state index in [9.17, 15) is 4.79 Å². The lowest BCUT2D eigenvalue weighted by molar-refractivity contribution is 0.0598. The van der Waals surface area contributed by atoms with Crippen molar-refractivity contribution in [3.8, 4) is 17.0 Å². The van der Waals surface area contributed by atoms with Gasteiger partial charge in [-0.2, -0.15) is 0 Å². The van der Waals surface area contributed by atoms with Crippen molar-refractivity contribution >= 4 is 22.4 Å². The molecule has 3 fully saturated rings. The number of piperidine rings is 1. The largest absolute Gasteiger partial charge is 0.488 e. The molecule has 1 saturated carbocycles. The third kappa shape index (κ3) is 5.71. The Balaban J connectivity index is 1.14. The van der Waals surface area contributed by atoms with Crippen molar-refractivity contribution < 1.29 is 14.3 Å². The molecule has 206 valence electrons. The predicted octanol–water partition coefficient (Wildman–Crippen LogP) is 6.49. The van der Waals surface area contributed by atoms with Crippen LogP contribution in [-0.4, -0.2) is 54.7 Å². The molecular formula is C32H39N3O3S. The Hall–Kier alpha value is -2.90. The molecule has 3 atom stereocenters. The minimum absolute atomic E-state index is 0.0784. The van der Waals surface area contributed by atoms with Gasteiger partial charge in [-0.25, -0.2) is 4.98 Å². The molecule has 0 radical (unpaired) electrons. The number of nitrogens with zero attached hydrogens (tertiary/aromatic N) is 3. The molecule has 6 rings (SSSR count). The molecule has 2 saturated heterocycles. The van der Waals surface area contributed by atoms with Gasteiger partial charge in [0.15, 0.2) is 5.13 Å². The van der Waals surface area contributed by atoms with Crippen LogP contribution in [0.25, 0.3) is 11.3 Å². The van der Waals surface area contributed by atoms with E-state index in [4.69, 9.17) is 14.5 Å². The first-order valence-electron chi connectivity index (χ1n) is 14.4. The molecule has 2 aliphatic heterocycles. The molecule has 6 nitrogen and oxygen atoms in total. The predicted molar refractivity (Wildman–Crippen MR) is 157 cm³/mol. The summed E-state index contributed by atoms with van der Waals surface area (Å²) < 4.78 is 12.1. The van der Waals surface area contributed by atoms with Gasteiger partial charge in [-0.05, 0) is 93.7 Å². The van der Waals surface area contributed by atoms with Gasteiger partial charge in [-0.1, -0.05) is 17.7 Å². The smallest absolute Gasteiger partial charge is 0.253 e. The van der Waals surface area contributed by atoms with E-state index >= 15 is 0 Å². The van der Waals surface area contributed by atoms with Crippen LogP contribution in [-0.2, 0) is 11.3 Å². The Labute approximate surface area is 236 Å². The fourth-order valence-electron chi connectivity index (χ4n) is 6.48. The van der Waals surface area contributed by atoms with Crippen LogP contribution in [0.15, 0.2) is 41.8 Å². The average Bonchev–Trinajstić information content (AvgIpc) is 3.69. The minimum atomic E-state index is 0.0784. The van der Waals surface area contributed by atoms with Crippen molar-refractivity contribution in [2.75, 3.05) is 37.7 Å². The second-order valence-electron chi connectivity index (χ2n) is 11.5. The van der Waals surface area contributed by atoms with E-state index in [0.717, 1.165) is 76.7 Å². The first kappa shape index (κ1) is 26.3. The fraction of sp³-hybridized carbons (Fsp3) is 0.500. The first-order chi connectivity index (χ1) is 19.0. The number of ether oxygens (including phenoxy) is 2. The minimum Gasteiger partial charge on any atom is -0.488 e. The molecule has 2 aromatic carbocycles. The molecule has 39 heavy (non-hydrogen) atoms. The monoisotopic (exact) mass is 545 g/mol. The molecule has 1 aromatic heterocycles. The van der Waals surface area contributed by atoms with E-state index in [2.05, 4.69) is 42.3 Å². The van der Waals surface area contributed by atoms with Crippen molar-refractivity contribution in [2.24, 2.45) is 11.8 Å². The number of amides is 1. The van der Waals surface area contributed by atoms with E-state index in [1.165, 1.54) is 24.8 Å². The molecule has 3 aliphatic rings. The molecule has 1 amide bonds. The SMILES string of the molecule is CCOC1CCN(C(=O)c2ccc(COc3ccc(C)cc3-c3csc(N4CC5CCC(C5)C4)n3)c(C)c2)C1. The zero-order valence-corrected chi connectivity index (χ0v) is 24.1. The molecule has 3 heterocycles. The number of carbonyl (C=O) groups is 1. The number of likely N-dealkylation sites (tertiary alicyclic amines) is 1. The number of benzene rings is 2. The Kier molecular flexibility index (Phi) is 7.63. The number of fused-ring (bicyclic) bond motifs is 2. The van der Waals surface area contributed by atoms with Gasteiger partial charge >= 0.3 is 0 Å². The van der Waals surface area contributed by atoms with Crippen molar-refractivity contribution in [3.05, 3.63) is 64.0 Å². The van der Waals surface area contributed by atoms with Crippen molar-refractivity contribution in [3.63, 3.8) is 0 Å². The van der Waals surface area contributed by atoms with Crippen molar-refractivity contribution in [2.45, 2.75) is 59.2 Å². The van der Waals surface area contributed by atoms with Gasteiger partial charge in [-0.3, -0.25) is 4.79 Å². The van der Waals surface area contributed by atoms with Crippen LogP contribution in [0.4, 0.5) is 5.13 Å². The highest BCUT2D eigenvalue weighted by Gasteiger charge is 2.34. The lowest BCUT2D eigenvalue weighted by Crippen LogP contribution is -2.36. The van der Waals surface area contributed by atoms with Gasteiger partial charge in [0.2, 0.25) is 0 Å². The number of carbonyl (C=O) groups excluding carboxylic acids is 1. The second kappa shape index (κ2) is 11.3. The maximum Gasteiger partial charge on any atom is 0.253 e. The standard InChI is InChI=1S/C32H39N3O3S/c1-4-37-27-11-12-34(18-27)31(36)25-8-9-26(22(3)14-25)19-38-30-10-5-21(2)13-28(30)29-20-39-32(33-29)35-16-23-6-7-24(15-23)17-35/h5,8-10,13-14,20,23-24,27H,4,6-7,11-12,15-19H2,1-3H3. The van der Waals surface area contributed by atoms with Gasteiger partial charge in [0, 0.05) is 49.3 Å². The highest BCUT2D eigenvalue weighted by molar-refractivity contribution is 7.14. The molecule has 2 bridgehead atoms. The molecular weight excluding hydrogens is 506 g/mol. The van der Waals surface area contributed by atoms with Gasteiger partial charge in [0.25, 0.3) is 5.91 Å². The number of aryl methyl sites for hydroxylation is 2. The van der Waals surface area contributed by atoms with Crippen molar-refractivity contribution in [1.82, 2.24) is 9.88 Å². The van der Waals surface area contributed by atoms with Crippen LogP contribution in [0, 0.1) is 25.7 Å². The number of hydrogen-bond donors (Lipinski definition) is 0. The summed E-state index contributed by atoms with van der Waals surface area (Å²) in [6.07, 6.45) is 5.20. The summed E-state index contributed by atoms with van der Waals surface area (Å²) in [6.45, 7) is 11.0. The third-order valence-electron chi connectivity index (χ3n) is 8.59. The number of aromatic nitrogens is 1. The van der Waals surface area contributed by atoms with Crippen molar-refractivity contribution in [1.29, 1.82) is 0 Å². The molecule has 1 aliphatic carbocycles. The van der Waals surface area contributed by atoms with E-state index in [1.807, 2.05) is 30.0 Å². The lowest BCUT2D eigenvalue weighted by atomic mass is 9.99. The summed E-state index contributed by atoms with van der Waals surface area (Å²) in [5.74, 6) is 2.59. The summed E-state index contributed by atoms with van der Waals surface area (Å²) >= 11 is 1.75. The number of anilines is 1. The zero-order valence-electron chi connectivity index (χ0n) is 23.3. The number of hydrogen-bond acceptors (Lipinski definition) is 6. The lowest BCUT2D eigenvalue weighted by Gasteiger charge is -2.31. The first-order valence-corrected chi connectivity index (χ1v) is 15.3. The molecule has 0 spiro atoms. The van der Waals surface area contributed by atoms with Crippen LogP contribution < -0.4 is 9.64 Å². The maximum atomic E-state index is 13.1. The van der Waals surface area contributed by atoms with Crippen LogP contribution >= 0.6 is 11.3 Å². The Morgan fingerprint density at radius 2 is 1.87 bits per heavy atom. The highest BCUT2D eigenvalue weighted by atomic mass is 32.1. The molecule has 3 unspecified atom stereocenters. The Morgan fingerprint density at radius 1 is 1.05 bits per heavy atom. The summed E-state index contributed by atoms with van der Waals surface area (Å²) in [6, 6.07) is 12.3. The van der Waals surface area contributed by atoms with Crippen LogP contribution in [0.1, 0.15) is 59.7 Å². The normalized spacial score (nSPS) is 22.5. The van der Waals surface area contributed by atoms with E-state index < -0.39 is 0 Å². The summed E-state index contributed by atoms with van der Waals surface area (Å²) in [4.78, 5) is 22.5. The van der Waals surface area contributed by atoms with Crippen LogP contribution in [0.3, 0.4) is 0 Å². The maximum absolute atomic E-state index is 13.1. The molecule has 0 N–H and O–H groups in total. The summed E-state index contributed by atoms with van der Waals surface area (Å²) in [7, 11) is 0. The second-order valence-corrected chi connectivity index (χ2v) is 12.3. The highest BCUT2D eigenvalue weighted by Crippen LogP contribution is 2.40. The van der Waals surface area contributed by atoms with Crippen LogP contribution in [0.5, 0.6) is 5.75 Å². The topological polar surface area (TPSA) is 54.9 Å². The Morgan fingerprint density at radius 3 is 2.64 bits per heavy atom. The quantitative estimate of drug-likeness (QED) is 0.324.